The molecule has 76 valence electrons. The molecule has 13 heavy (non-hydrogen) atoms. The van der Waals surface area contributed by atoms with Gasteiger partial charge < -0.3 is 0 Å². The van der Waals surface area contributed by atoms with Crippen molar-refractivity contribution in [1.29, 1.82) is 0 Å². The molecule has 0 atom stereocenters. The molecular formula is C12H24Si. The Balaban J connectivity index is 4.67. The molecule has 0 fully saturated rings. The zero-order valence-electron chi connectivity index (χ0n) is 10.1. The average molecular weight is 196 g/mol. The van der Waals surface area contributed by atoms with Gasteiger partial charge in [-0.3, -0.25) is 0 Å². The first-order valence-corrected chi connectivity index (χ1v) is 8.69. The van der Waals surface area contributed by atoms with Crippen molar-refractivity contribution >= 4 is 8.07 Å². The van der Waals surface area contributed by atoms with E-state index in [9.17, 15) is 0 Å². The summed E-state index contributed by atoms with van der Waals surface area (Å²) < 4.78 is 0. The Bertz CT molecular complexity index is 198. The van der Waals surface area contributed by atoms with Gasteiger partial charge in [0.05, 0.1) is 0 Å². The second-order valence-corrected chi connectivity index (χ2v) is 11.4. The van der Waals surface area contributed by atoms with E-state index in [1.807, 2.05) is 6.08 Å². The van der Waals surface area contributed by atoms with Crippen LogP contribution in [0.2, 0.25) is 25.7 Å². The molecule has 0 saturated carbocycles. The van der Waals surface area contributed by atoms with Crippen LogP contribution in [-0.2, 0) is 0 Å². The molecule has 0 rings (SSSR count). The molecular weight excluding hydrogens is 172 g/mol. The highest BCUT2D eigenvalue weighted by molar-refractivity contribution is 6.76. The van der Waals surface area contributed by atoms with Crippen molar-refractivity contribution in [1.82, 2.24) is 0 Å². The van der Waals surface area contributed by atoms with Crippen LogP contribution in [0.15, 0.2) is 24.3 Å². The molecule has 0 aromatic rings. The van der Waals surface area contributed by atoms with E-state index in [0.29, 0.717) is 5.41 Å². The first-order valence-electron chi connectivity index (χ1n) is 4.99. The number of allylic oxidation sites excluding steroid dienone is 3. The molecule has 0 amide bonds. The quantitative estimate of drug-likeness (QED) is 0.461. The summed E-state index contributed by atoms with van der Waals surface area (Å²) in [6.45, 7) is 17.9. The van der Waals surface area contributed by atoms with E-state index in [1.54, 1.807) is 5.57 Å². The van der Waals surface area contributed by atoms with Crippen LogP contribution in [0, 0.1) is 5.41 Å². The lowest BCUT2D eigenvalue weighted by molar-refractivity contribution is 0.502. The zero-order valence-corrected chi connectivity index (χ0v) is 11.1. The highest BCUT2D eigenvalue weighted by atomic mass is 28.3. The predicted octanol–water partition coefficient (Wildman–Crippen LogP) is 4.48. The monoisotopic (exact) mass is 196 g/mol. The van der Waals surface area contributed by atoms with Gasteiger partial charge in [0.15, 0.2) is 0 Å². The molecule has 0 N–H and O–H groups in total. The molecule has 0 saturated heterocycles. The Morgan fingerprint density at radius 1 is 1.23 bits per heavy atom. The molecule has 0 nitrogen and oxygen atoms in total. The fraction of sp³-hybridized carbons (Fsp3) is 0.667. The SMILES string of the molecule is C=C/C=C(\C[Si](C)(C)C)C(C)(C)C. The van der Waals surface area contributed by atoms with Crippen molar-refractivity contribution in [3.63, 3.8) is 0 Å². The Morgan fingerprint density at radius 2 is 1.69 bits per heavy atom. The van der Waals surface area contributed by atoms with E-state index in [2.05, 4.69) is 53.1 Å². The number of rotatable bonds is 3. The van der Waals surface area contributed by atoms with Crippen molar-refractivity contribution < 1.29 is 0 Å². The van der Waals surface area contributed by atoms with Crippen LogP contribution in [0.1, 0.15) is 20.8 Å². The molecule has 0 bridgehead atoms. The van der Waals surface area contributed by atoms with Crippen molar-refractivity contribution in [3.8, 4) is 0 Å². The van der Waals surface area contributed by atoms with Crippen LogP contribution in [0.25, 0.3) is 0 Å². The van der Waals surface area contributed by atoms with Crippen molar-refractivity contribution in [2.24, 2.45) is 5.41 Å². The van der Waals surface area contributed by atoms with Gasteiger partial charge in [-0.25, -0.2) is 0 Å². The molecule has 1 heteroatoms. The largest absolute Gasteiger partial charge is 0.0991 e. The molecule has 0 aromatic carbocycles. The summed E-state index contributed by atoms with van der Waals surface area (Å²) in [5.41, 5.74) is 1.84. The number of hydrogen-bond acceptors (Lipinski definition) is 0. The Hall–Kier alpha value is -0.303. The molecule has 0 aliphatic heterocycles. The average Bonchev–Trinajstić information content (AvgIpc) is 1.81. The van der Waals surface area contributed by atoms with Gasteiger partial charge in [-0.2, -0.15) is 0 Å². The van der Waals surface area contributed by atoms with Gasteiger partial charge in [0, 0.05) is 8.07 Å². The topological polar surface area (TPSA) is 0 Å². The smallest absolute Gasteiger partial charge is 0.0483 e. The van der Waals surface area contributed by atoms with Crippen molar-refractivity contribution in [2.45, 2.75) is 46.5 Å². The summed E-state index contributed by atoms with van der Waals surface area (Å²) in [7, 11) is -0.983. The lowest BCUT2D eigenvalue weighted by Gasteiger charge is -2.28. The third-order valence-electron chi connectivity index (χ3n) is 2.00. The third-order valence-corrected chi connectivity index (χ3v) is 3.44. The molecule has 0 spiro atoms. The third kappa shape index (κ3) is 5.86. The lowest BCUT2D eigenvalue weighted by Crippen LogP contribution is -2.24. The van der Waals surface area contributed by atoms with Crippen LogP contribution < -0.4 is 0 Å². The molecule has 0 radical (unpaired) electrons. The Labute approximate surface area is 84.8 Å². The molecule has 0 aliphatic rings. The number of hydrogen-bond donors (Lipinski definition) is 0. The minimum Gasteiger partial charge on any atom is -0.0991 e. The maximum absolute atomic E-state index is 3.78. The van der Waals surface area contributed by atoms with Crippen LogP contribution >= 0.6 is 0 Å². The molecule has 0 unspecified atom stereocenters. The van der Waals surface area contributed by atoms with E-state index >= 15 is 0 Å². The molecule has 0 aliphatic carbocycles. The van der Waals surface area contributed by atoms with Crippen molar-refractivity contribution in [3.05, 3.63) is 24.3 Å². The zero-order chi connectivity index (χ0) is 10.7. The fourth-order valence-electron chi connectivity index (χ4n) is 1.29. The second kappa shape index (κ2) is 4.27. The summed E-state index contributed by atoms with van der Waals surface area (Å²) in [6.07, 6.45) is 4.11. The first kappa shape index (κ1) is 12.7. The summed E-state index contributed by atoms with van der Waals surface area (Å²) in [5, 5.41) is 0. The van der Waals surface area contributed by atoms with Crippen LogP contribution in [0.5, 0.6) is 0 Å². The molecule has 0 heterocycles. The summed E-state index contributed by atoms with van der Waals surface area (Å²) in [5.74, 6) is 0. The van der Waals surface area contributed by atoms with E-state index < -0.39 is 8.07 Å². The highest BCUT2D eigenvalue weighted by Gasteiger charge is 2.23. The van der Waals surface area contributed by atoms with Gasteiger partial charge in [-0.05, 0) is 11.5 Å². The van der Waals surface area contributed by atoms with Gasteiger partial charge in [0.1, 0.15) is 0 Å². The first-order chi connectivity index (χ1) is 5.67. The summed E-state index contributed by atoms with van der Waals surface area (Å²) in [4.78, 5) is 0. The Morgan fingerprint density at radius 3 is 1.92 bits per heavy atom. The van der Waals surface area contributed by atoms with E-state index in [-0.39, 0.29) is 0 Å². The minimum atomic E-state index is -0.983. The maximum Gasteiger partial charge on any atom is 0.0483 e. The van der Waals surface area contributed by atoms with Crippen LogP contribution in [0.4, 0.5) is 0 Å². The standard InChI is InChI=1S/C12H24Si/c1-8-9-11(12(2,3)4)10-13(5,6)7/h8-9H,1,10H2,2-7H3/b11-9+. The fourth-order valence-corrected chi connectivity index (χ4v) is 3.08. The lowest BCUT2D eigenvalue weighted by atomic mass is 9.87. The summed E-state index contributed by atoms with van der Waals surface area (Å²) in [6, 6.07) is 1.28. The van der Waals surface area contributed by atoms with E-state index in [4.69, 9.17) is 0 Å². The van der Waals surface area contributed by atoms with E-state index in [0.717, 1.165) is 0 Å². The maximum atomic E-state index is 3.78. The summed E-state index contributed by atoms with van der Waals surface area (Å²) >= 11 is 0. The second-order valence-electron chi connectivity index (χ2n) is 5.92. The van der Waals surface area contributed by atoms with Gasteiger partial charge in [-0.15, -0.1) is 0 Å². The van der Waals surface area contributed by atoms with Crippen LogP contribution in [0.3, 0.4) is 0 Å². The minimum absolute atomic E-state index is 0.300. The van der Waals surface area contributed by atoms with Gasteiger partial charge in [0.25, 0.3) is 0 Å². The van der Waals surface area contributed by atoms with Crippen molar-refractivity contribution in [2.75, 3.05) is 0 Å². The van der Waals surface area contributed by atoms with Gasteiger partial charge in [0.2, 0.25) is 0 Å². The Kier molecular flexibility index (Phi) is 4.17. The van der Waals surface area contributed by atoms with Gasteiger partial charge in [-0.1, -0.05) is 64.7 Å². The molecule has 0 aromatic heterocycles. The van der Waals surface area contributed by atoms with E-state index in [1.165, 1.54) is 6.04 Å². The highest BCUT2D eigenvalue weighted by Crippen LogP contribution is 2.32. The normalized spacial score (nSPS) is 14.5. The van der Waals surface area contributed by atoms with Crippen LogP contribution in [-0.4, -0.2) is 8.07 Å². The van der Waals surface area contributed by atoms with Gasteiger partial charge >= 0.3 is 0 Å². The predicted molar refractivity (Wildman–Crippen MR) is 65.9 cm³/mol.